The van der Waals surface area contributed by atoms with E-state index >= 15 is 0 Å². The maximum atomic E-state index is 13.6. The Hall–Kier alpha value is -2.62. The number of nitrogens with one attached hydrogen (secondary N) is 1. The van der Waals surface area contributed by atoms with Crippen LogP contribution < -0.4 is 5.32 Å². The van der Waals surface area contributed by atoms with Gasteiger partial charge in [-0.3, -0.25) is 9.59 Å². The van der Waals surface area contributed by atoms with Crippen molar-refractivity contribution >= 4 is 17.5 Å². The second-order valence-electron chi connectivity index (χ2n) is 7.70. The molecule has 0 spiro atoms. The summed E-state index contributed by atoms with van der Waals surface area (Å²) in [5.74, 6) is -0.288. The highest BCUT2D eigenvalue weighted by atomic mass is 16.2. The topological polar surface area (TPSA) is 49.4 Å². The molecule has 0 radical (unpaired) electrons. The van der Waals surface area contributed by atoms with E-state index in [0.717, 1.165) is 36.9 Å². The summed E-state index contributed by atoms with van der Waals surface area (Å²) >= 11 is 0. The maximum Gasteiger partial charge on any atom is 0.231 e. The van der Waals surface area contributed by atoms with Crippen LogP contribution in [0.1, 0.15) is 41.9 Å². The second-order valence-corrected chi connectivity index (χ2v) is 7.70. The van der Waals surface area contributed by atoms with Gasteiger partial charge in [-0.15, -0.1) is 0 Å². The predicted molar refractivity (Wildman–Crippen MR) is 99.9 cm³/mol. The first-order valence-electron chi connectivity index (χ1n) is 9.48. The van der Waals surface area contributed by atoms with E-state index in [0.29, 0.717) is 6.04 Å². The van der Waals surface area contributed by atoms with Crippen LogP contribution in [0.5, 0.6) is 0 Å². The van der Waals surface area contributed by atoms with Crippen molar-refractivity contribution < 1.29 is 9.59 Å². The van der Waals surface area contributed by atoms with Crippen molar-refractivity contribution in [3.63, 3.8) is 0 Å². The smallest absolute Gasteiger partial charge is 0.231 e. The minimum absolute atomic E-state index is 0.0625. The molecule has 2 amide bonds. The van der Waals surface area contributed by atoms with E-state index in [1.807, 2.05) is 24.3 Å². The molecule has 1 N–H and O–H groups in total. The van der Waals surface area contributed by atoms with Crippen LogP contribution in [-0.2, 0) is 22.4 Å². The summed E-state index contributed by atoms with van der Waals surface area (Å²) < 4.78 is 0. The van der Waals surface area contributed by atoms with Crippen LogP contribution in [0, 0.1) is 0 Å². The number of nitrogens with zero attached hydrogens (tertiary/aromatic N) is 1. The Morgan fingerprint density at radius 2 is 1.54 bits per heavy atom. The minimum atomic E-state index is -0.357. The second kappa shape index (κ2) is 5.97. The van der Waals surface area contributed by atoms with Crippen LogP contribution in [0.25, 0.3) is 0 Å². The Bertz CT molecular complexity index is 862. The lowest BCUT2D eigenvalue weighted by Crippen LogP contribution is -2.46. The lowest BCUT2D eigenvalue weighted by molar-refractivity contribution is -0.137. The summed E-state index contributed by atoms with van der Waals surface area (Å²) in [4.78, 5) is 27.9. The summed E-state index contributed by atoms with van der Waals surface area (Å²) in [6, 6.07) is 16.8. The van der Waals surface area contributed by atoms with Gasteiger partial charge in [-0.1, -0.05) is 42.5 Å². The molecule has 2 aromatic carbocycles. The van der Waals surface area contributed by atoms with E-state index in [4.69, 9.17) is 0 Å². The molecule has 2 aromatic rings. The molecule has 26 heavy (non-hydrogen) atoms. The standard InChI is InChI=1S/C22H22N2O2/c25-21-13-19(18-7-3-4-8-20(18)23-21)22(26)24(16-9-10-16)17-11-14-5-1-2-6-15(14)12-17/h1-8,16-17,19H,9-13H2,(H,23,25)/t19-/m1/s1. The van der Waals surface area contributed by atoms with Gasteiger partial charge >= 0.3 is 0 Å². The first-order valence-corrected chi connectivity index (χ1v) is 9.48. The van der Waals surface area contributed by atoms with Crippen molar-refractivity contribution in [2.24, 2.45) is 0 Å². The molecule has 0 unspecified atom stereocenters. The molecule has 3 aliphatic rings. The lowest BCUT2D eigenvalue weighted by Gasteiger charge is -2.34. The van der Waals surface area contributed by atoms with Crippen molar-refractivity contribution in [1.82, 2.24) is 4.90 Å². The summed E-state index contributed by atoms with van der Waals surface area (Å²) in [5.41, 5.74) is 4.46. The van der Waals surface area contributed by atoms with Crippen molar-refractivity contribution in [2.75, 3.05) is 5.32 Å². The molecule has 1 fully saturated rings. The molecule has 4 nitrogen and oxygen atoms in total. The summed E-state index contributed by atoms with van der Waals surface area (Å²) in [5, 5.41) is 2.90. The van der Waals surface area contributed by atoms with Crippen LogP contribution in [0.4, 0.5) is 5.69 Å². The normalized spacial score (nSPS) is 21.7. The molecule has 132 valence electrons. The highest BCUT2D eigenvalue weighted by molar-refractivity contribution is 6.01. The average molecular weight is 346 g/mol. The Morgan fingerprint density at radius 1 is 0.885 bits per heavy atom. The molecule has 1 heterocycles. The first kappa shape index (κ1) is 15.6. The van der Waals surface area contributed by atoms with Crippen molar-refractivity contribution in [3.8, 4) is 0 Å². The fourth-order valence-corrected chi connectivity index (χ4v) is 4.55. The maximum absolute atomic E-state index is 13.6. The first-order chi connectivity index (χ1) is 12.7. The van der Waals surface area contributed by atoms with E-state index in [9.17, 15) is 9.59 Å². The third-order valence-corrected chi connectivity index (χ3v) is 5.92. The fraction of sp³-hybridized carbons (Fsp3) is 0.364. The van der Waals surface area contributed by atoms with Crippen molar-refractivity contribution in [1.29, 1.82) is 0 Å². The molecule has 4 heteroatoms. The fourth-order valence-electron chi connectivity index (χ4n) is 4.55. The largest absolute Gasteiger partial charge is 0.336 e. The van der Waals surface area contributed by atoms with Crippen LogP contribution in [0.2, 0.25) is 0 Å². The van der Waals surface area contributed by atoms with Crippen LogP contribution in [0.3, 0.4) is 0 Å². The van der Waals surface area contributed by atoms with Crippen LogP contribution in [-0.4, -0.2) is 28.8 Å². The van der Waals surface area contributed by atoms with E-state index in [2.05, 4.69) is 34.5 Å². The van der Waals surface area contributed by atoms with Gasteiger partial charge in [-0.25, -0.2) is 0 Å². The zero-order chi connectivity index (χ0) is 17.7. The van der Waals surface area contributed by atoms with Gasteiger partial charge in [0.1, 0.15) is 0 Å². The summed E-state index contributed by atoms with van der Waals surface area (Å²) in [6.45, 7) is 0. The van der Waals surface area contributed by atoms with E-state index in [-0.39, 0.29) is 30.2 Å². The van der Waals surface area contributed by atoms with Gasteiger partial charge in [0.2, 0.25) is 11.8 Å². The third kappa shape index (κ3) is 2.61. The van der Waals surface area contributed by atoms with Gasteiger partial charge in [-0.2, -0.15) is 0 Å². The zero-order valence-electron chi connectivity index (χ0n) is 14.7. The minimum Gasteiger partial charge on any atom is -0.336 e. The number of hydrogen-bond acceptors (Lipinski definition) is 2. The van der Waals surface area contributed by atoms with E-state index in [1.54, 1.807) is 0 Å². The molecule has 1 saturated carbocycles. The Kier molecular flexibility index (Phi) is 3.59. The van der Waals surface area contributed by atoms with Gasteiger partial charge in [0, 0.05) is 24.2 Å². The molecule has 0 saturated heterocycles. The van der Waals surface area contributed by atoms with Gasteiger partial charge in [0.25, 0.3) is 0 Å². The number of rotatable bonds is 3. The number of carbonyl (C=O) groups excluding carboxylic acids is 2. The summed E-state index contributed by atoms with van der Waals surface area (Å²) in [7, 11) is 0. The molecule has 1 atom stereocenters. The number of fused-ring (bicyclic) bond motifs is 2. The van der Waals surface area contributed by atoms with Gasteiger partial charge < -0.3 is 10.2 Å². The van der Waals surface area contributed by atoms with E-state index < -0.39 is 0 Å². The number of para-hydroxylation sites is 1. The molecule has 1 aliphatic heterocycles. The third-order valence-electron chi connectivity index (χ3n) is 5.92. The number of carbonyl (C=O) groups is 2. The zero-order valence-corrected chi connectivity index (χ0v) is 14.7. The Balaban J connectivity index is 1.46. The SMILES string of the molecule is O=C1C[C@@H](C(=O)N(C2CC2)C2Cc3ccccc3C2)c2ccccc2N1. The number of amides is 2. The molecular weight excluding hydrogens is 324 g/mol. The van der Waals surface area contributed by atoms with Crippen LogP contribution >= 0.6 is 0 Å². The van der Waals surface area contributed by atoms with E-state index in [1.165, 1.54) is 11.1 Å². The lowest BCUT2D eigenvalue weighted by atomic mass is 9.88. The average Bonchev–Trinajstić information content (AvgIpc) is 3.38. The summed E-state index contributed by atoms with van der Waals surface area (Å²) in [6.07, 6.45) is 4.27. The van der Waals surface area contributed by atoms with Gasteiger partial charge in [-0.05, 0) is 48.4 Å². The monoisotopic (exact) mass is 346 g/mol. The Morgan fingerprint density at radius 3 is 2.23 bits per heavy atom. The predicted octanol–water partition coefficient (Wildman–Crippen LogP) is 3.27. The molecule has 2 aliphatic carbocycles. The van der Waals surface area contributed by atoms with Crippen molar-refractivity contribution in [3.05, 3.63) is 65.2 Å². The van der Waals surface area contributed by atoms with Gasteiger partial charge in [0.15, 0.2) is 0 Å². The highest BCUT2D eigenvalue weighted by Gasteiger charge is 2.43. The molecular formula is C22H22N2O2. The van der Waals surface area contributed by atoms with Crippen LogP contribution in [0.15, 0.2) is 48.5 Å². The number of hydrogen-bond donors (Lipinski definition) is 1. The molecule has 5 rings (SSSR count). The Labute approximate surface area is 153 Å². The number of anilines is 1. The molecule has 0 bridgehead atoms. The quantitative estimate of drug-likeness (QED) is 0.927. The van der Waals surface area contributed by atoms with Gasteiger partial charge in [0.05, 0.1) is 5.92 Å². The highest BCUT2D eigenvalue weighted by Crippen LogP contribution is 2.40. The number of benzene rings is 2. The molecule has 0 aromatic heterocycles. The van der Waals surface area contributed by atoms with Crippen molar-refractivity contribution in [2.45, 2.75) is 50.1 Å².